The molecule has 2 aromatic carbocycles. The van der Waals surface area contributed by atoms with Gasteiger partial charge >= 0.3 is 0 Å². The van der Waals surface area contributed by atoms with Gasteiger partial charge in [-0.3, -0.25) is 4.79 Å². The molecule has 0 aliphatic heterocycles. The number of halogens is 1. The molecule has 2 heteroatoms. The van der Waals surface area contributed by atoms with Gasteiger partial charge in [0, 0.05) is 16.1 Å². The van der Waals surface area contributed by atoms with Crippen LogP contribution in [0.15, 0.2) is 42.5 Å². The standard InChI is InChI=1S/C18H17ClO/c1-12-11-14(9-10-17(12)19)18(20)16-8-3-2-7-15(16)13-5-4-6-13/h2-3,7-11,13H,4-6H2,1H3. The van der Waals surface area contributed by atoms with Crippen molar-refractivity contribution < 1.29 is 4.79 Å². The predicted molar refractivity (Wildman–Crippen MR) is 82.7 cm³/mol. The molecule has 0 atom stereocenters. The Bertz CT molecular complexity index is 656. The molecule has 1 saturated carbocycles. The Labute approximate surface area is 124 Å². The lowest BCUT2D eigenvalue weighted by atomic mass is 9.77. The fourth-order valence-electron chi connectivity index (χ4n) is 2.72. The SMILES string of the molecule is Cc1cc(C(=O)c2ccccc2C2CCC2)ccc1Cl. The first-order valence-electron chi connectivity index (χ1n) is 7.06. The van der Waals surface area contributed by atoms with Crippen LogP contribution in [0, 0.1) is 6.92 Å². The van der Waals surface area contributed by atoms with Crippen molar-refractivity contribution in [2.75, 3.05) is 0 Å². The number of rotatable bonds is 3. The monoisotopic (exact) mass is 284 g/mol. The molecule has 0 N–H and O–H groups in total. The van der Waals surface area contributed by atoms with Crippen molar-refractivity contribution in [3.8, 4) is 0 Å². The van der Waals surface area contributed by atoms with Crippen LogP contribution in [0.25, 0.3) is 0 Å². The summed E-state index contributed by atoms with van der Waals surface area (Å²) >= 11 is 6.03. The lowest BCUT2D eigenvalue weighted by molar-refractivity contribution is 0.103. The van der Waals surface area contributed by atoms with Crippen LogP contribution in [0.2, 0.25) is 5.02 Å². The lowest BCUT2D eigenvalue weighted by Gasteiger charge is -2.27. The van der Waals surface area contributed by atoms with Gasteiger partial charge in [0.1, 0.15) is 0 Å². The second-order valence-electron chi connectivity index (χ2n) is 5.51. The predicted octanol–water partition coefficient (Wildman–Crippen LogP) is 5.15. The van der Waals surface area contributed by atoms with Gasteiger partial charge in [0.15, 0.2) is 5.78 Å². The second kappa shape index (κ2) is 5.41. The third-order valence-corrected chi connectivity index (χ3v) is 4.59. The first-order chi connectivity index (χ1) is 9.66. The van der Waals surface area contributed by atoms with E-state index in [0.717, 1.165) is 16.7 Å². The molecule has 0 saturated heterocycles. The summed E-state index contributed by atoms with van der Waals surface area (Å²) in [6, 6.07) is 13.5. The van der Waals surface area contributed by atoms with Gasteiger partial charge in [0.05, 0.1) is 0 Å². The quantitative estimate of drug-likeness (QED) is 0.713. The molecule has 0 heterocycles. The molecule has 0 aromatic heterocycles. The molecule has 2 aromatic rings. The van der Waals surface area contributed by atoms with E-state index in [4.69, 9.17) is 11.6 Å². The lowest BCUT2D eigenvalue weighted by Crippen LogP contribution is -2.14. The average molecular weight is 285 g/mol. The summed E-state index contributed by atoms with van der Waals surface area (Å²) in [4.78, 5) is 12.7. The van der Waals surface area contributed by atoms with Crippen molar-refractivity contribution in [2.45, 2.75) is 32.1 Å². The van der Waals surface area contributed by atoms with E-state index in [-0.39, 0.29) is 5.78 Å². The van der Waals surface area contributed by atoms with Crippen molar-refractivity contribution in [2.24, 2.45) is 0 Å². The summed E-state index contributed by atoms with van der Waals surface area (Å²) < 4.78 is 0. The first kappa shape index (κ1) is 13.4. The summed E-state index contributed by atoms with van der Waals surface area (Å²) in [5, 5.41) is 0.703. The fraction of sp³-hybridized carbons (Fsp3) is 0.278. The maximum atomic E-state index is 12.7. The van der Waals surface area contributed by atoms with Crippen LogP contribution in [0.3, 0.4) is 0 Å². The largest absolute Gasteiger partial charge is 0.289 e. The third-order valence-electron chi connectivity index (χ3n) is 4.17. The van der Waals surface area contributed by atoms with Crippen LogP contribution in [0.1, 0.15) is 52.2 Å². The van der Waals surface area contributed by atoms with Crippen LogP contribution in [0.4, 0.5) is 0 Å². The molecule has 1 aliphatic rings. The Morgan fingerprint density at radius 2 is 1.90 bits per heavy atom. The van der Waals surface area contributed by atoms with E-state index in [1.165, 1.54) is 24.8 Å². The number of aryl methyl sites for hydroxylation is 1. The van der Waals surface area contributed by atoms with E-state index < -0.39 is 0 Å². The number of hydrogen-bond acceptors (Lipinski definition) is 1. The first-order valence-corrected chi connectivity index (χ1v) is 7.44. The number of benzene rings is 2. The molecule has 3 rings (SSSR count). The summed E-state index contributed by atoms with van der Waals surface area (Å²) in [6.07, 6.45) is 3.67. The van der Waals surface area contributed by atoms with Gasteiger partial charge in [0.2, 0.25) is 0 Å². The molecular weight excluding hydrogens is 268 g/mol. The van der Waals surface area contributed by atoms with Gasteiger partial charge in [-0.25, -0.2) is 0 Å². The van der Waals surface area contributed by atoms with Crippen LogP contribution >= 0.6 is 11.6 Å². The Balaban J connectivity index is 1.99. The molecule has 0 unspecified atom stereocenters. The second-order valence-corrected chi connectivity index (χ2v) is 5.92. The minimum Gasteiger partial charge on any atom is -0.289 e. The van der Waals surface area contributed by atoms with Gasteiger partial charge < -0.3 is 0 Å². The smallest absolute Gasteiger partial charge is 0.193 e. The van der Waals surface area contributed by atoms with Crippen LogP contribution in [0.5, 0.6) is 0 Å². The fourth-order valence-corrected chi connectivity index (χ4v) is 2.84. The Hall–Kier alpha value is -1.60. The molecule has 102 valence electrons. The summed E-state index contributed by atoms with van der Waals surface area (Å²) in [5.74, 6) is 0.663. The van der Waals surface area contributed by atoms with E-state index in [1.54, 1.807) is 6.07 Å². The molecule has 0 amide bonds. The van der Waals surface area contributed by atoms with Crippen molar-refractivity contribution in [3.05, 3.63) is 69.7 Å². The van der Waals surface area contributed by atoms with Crippen molar-refractivity contribution >= 4 is 17.4 Å². The summed E-state index contributed by atoms with van der Waals surface area (Å²) in [7, 11) is 0. The molecule has 0 bridgehead atoms. The average Bonchev–Trinajstić information content (AvgIpc) is 2.40. The Morgan fingerprint density at radius 3 is 2.55 bits per heavy atom. The van der Waals surface area contributed by atoms with Crippen LogP contribution in [-0.4, -0.2) is 5.78 Å². The van der Waals surface area contributed by atoms with Crippen molar-refractivity contribution in [3.63, 3.8) is 0 Å². The van der Waals surface area contributed by atoms with Gasteiger partial charge in [-0.15, -0.1) is 0 Å². The molecule has 20 heavy (non-hydrogen) atoms. The topological polar surface area (TPSA) is 17.1 Å². The van der Waals surface area contributed by atoms with Gasteiger partial charge in [-0.1, -0.05) is 42.3 Å². The zero-order chi connectivity index (χ0) is 14.1. The minimum absolute atomic E-state index is 0.104. The minimum atomic E-state index is 0.104. The van der Waals surface area contributed by atoms with E-state index in [0.29, 0.717) is 10.9 Å². The molecule has 1 aliphatic carbocycles. The van der Waals surface area contributed by atoms with Crippen LogP contribution < -0.4 is 0 Å². The molecule has 1 fully saturated rings. The zero-order valence-corrected chi connectivity index (χ0v) is 12.3. The molecular formula is C18H17ClO. The van der Waals surface area contributed by atoms with E-state index in [1.807, 2.05) is 37.3 Å². The number of hydrogen-bond donors (Lipinski definition) is 0. The summed E-state index contributed by atoms with van der Waals surface area (Å²) in [6.45, 7) is 1.93. The highest BCUT2D eigenvalue weighted by atomic mass is 35.5. The van der Waals surface area contributed by atoms with Gasteiger partial charge in [-0.2, -0.15) is 0 Å². The maximum absolute atomic E-state index is 12.7. The van der Waals surface area contributed by atoms with Gasteiger partial charge in [-0.05, 0) is 55.0 Å². The Morgan fingerprint density at radius 1 is 1.15 bits per heavy atom. The van der Waals surface area contributed by atoms with E-state index >= 15 is 0 Å². The number of carbonyl (C=O) groups is 1. The number of carbonyl (C=O) groups excluding carboxylic acids is 1. The molecule has 0 spiro atoms. The highest BCUT2D eigenvalue weighted by Gasteiger charge is 2.24. The zero-order valence-electron chi connectivity index (χ0n) is 11.5. The van der Waals surface area contributed by atoms with Crippen LogP contribution in [-0.2, 0) is 0 Å². The highest BCUT2D eigenvalue weighted by Crippen LogP contribution is 2.38. The molecule has 0 radical (unpaired) electrons. The summed E-state index contributed by atoms with van der Waals surface area (Å²) in [5.41, 5.74) is 3.72. The van der Waals surface area contributed by atoms with Crippen molar-refractivity contribution in [1.82, 2.24) is 0 Å². The highest BCUT2D eigenvalue weighted by molar-refractivity contribution is 6.31. The molecule has 1 nitrogen and oxygen atoms in total. The maximum Gasteiger partial charge on any atom is 0.193 e. The van der Waals surface area contributed by atoms with E-state index in [9.17, 15) is 4.79 Å². The number of ketones is 1. The third kappa shape index (κ3) is 2.38. The normalized spacial score (nSPS) is 14.9. The Kier molecular flexibility index (Phi) is 3.62. The van der Waals surface area contributed by atoms with Crippen molar-refractivity contribution in [1.29, 1.82) is 0 Å². The van der Waals surface area contributed by atoms with E-state index in [2.05, 4.69) is 6.07 Å². The van der Waals surface area contributed by atoms with Gasteiger partial charge in [0.25, 0.3) is 0 Å².